The van der Waals surface area contributed by atoms with E-state index in [-0.39, 0.29) is 0 Å². The number of methoxy groups -OCH3 is 1. The van der Waals surface area contributed by atoms with Crippen LogP contribution in [0.4, 0.5) is 0 Å². The highest BCUT2D eigenvalue weighted by Crippen LogP contribution is 2.28. The van der Waals surface area contributed by atoms with Gasteiger partial charge in [-0.25, -0.2) is 0 Å². The topological polar surface area (TPSA) is 78.9 Å². The Bertz CT molecular complexity index is 1100. The van der Waals surface area contributed by atoms with Crippen molar-refractivity contribution in [2.75, 3.05) is 7.11 Å². The molecule has 0 amide bonds. The van der Waals surface area contributed by atoms with Crippen molar-refractivity contribution in [1.29, 1.82) is 0 Å². The third-order valence-electron chi connectivity index (χ3n) is 4.55. The number of nitrogens with zero attached hydrogens (tertiary/aromatic N) is 5. The van der Waals surface area contributed by atoms with Crippen molar-refractivity contribution in [3.63, 3.8) is 0 Å². The van der Waals surface area contributed by atoms with Gasteiger partial charge in [0.15, 0.2) is 16.8 Å². The molecule has 0 aliphatic heterocycles. The fourth-order valence-corrected chi connectivity index (χ4v) is 3.84. The molecule has 2 heterocycles. The van der Waals surface area contributed by atoms with Gasteiger partial charge in [0.2, 0.25) is 0 Å². The maximum Gasteiger partial charge on any atom is 0.257 e. The smallest absolute Gasteiger partial charge is 0.257 e. The Labute approximate surface area is 173 Å². The van der Waals surface area contributed by atoms with E-state index in [0.717, 1.165) is 34.4 Å². The van der Waals surface area contributed by atoms with Gasteiger partial charge in [-0.3, -0.25) is 0 Å². The standard InChI is InChI=1S/C21H21N5O2S/c1-4-26-19(17-8-6-5-7-14(17)2)23-24-21(26)29-13-18-22-20(28-25-18)15-9-11-16(27-3)12-10-15/h5-12H,4,13H2,1-3H3. The van der Waals surface area contributed by atoms with Crippen molar-refractivity contribution >= 4 is 11.8 Å². The predicted molar refractivity (Wildman–Crippen MR) is 112 cm³/mol. The molecule has 2 aromatic heterocycles. The summed E-state index contributed by atoms with van der Waals surface area (Å²) >= 11 is 1.55. The summed E-state index contributed by atoms with van der Waals surface area (Å²) in [7, 11) is 1.64. The van der Waals surface area contributed by atoms with E-state index >= 15 is 0 Å². The van der Waals surface area contributed by atoms with Gasteiger partial charge in [-0.15, -0.1) is 10.2 Å². The number of hydrogen-bond acceptors (Lipinski definition) is 7. The van der Waals surface area contributed by atoms with Crippen LogP contribution in [0.1, 0.15) is 18.3 Å². The summed E-state index contributed by atoms with van der Waals surface area (Å²) < 4.78 is 12.7. The molecule has 0 aliphatic rings. The Morgan fingerprint density at radius 2 is 1.86 bits per heavy atom. The van der Waals surface area contributed by atoms with Gasteiger partial charge in [0.1, 0.15) is 5.75 Å². The first-order valence-electron chi connectivity index (χ1n) is 9.28. The molecular weight excluding hydrogens is 386 g/mol. The minimum Gasteiger partial charge on any atom is -0.497 e. The van der Waals surface area contributed by atoms with E-state index < -0.39 is 0 Å². The molecule has 8 heteroatoms. The number of hydrogen-bond donors (Lipinski definition) is 0. The lowest BCUT2D eigenvalue weighted by molar-refractivity contribution is 0.414. The average molecular weight is 407 g/mol. The quantitative estimate of drug-likeness (QED) is 0.413. The SMILES string of the molecule is CCn1c(SCc2noc(-c3ccc(OC)cc3)n2)nnc1-c1ccccc1C. The summed E-state index contributed by atoms with van der Waals surface area (Å²) in [6.07, 6.45) is 0. The molecule has 29 heavy (non-hydrogen) atoms. The maximum atomic E-state index is 5.40. The highest BCUT2D eigenvalue weighted by atomic mass is 32.2. The third-order valence-corrected chi connectivity index (χ3v) is 5.52. The van der Waals surface area contributed by atoms with Crippen LogP contribution in [-0.4, -0.2) is 32.0 Å². The average Bonchev–Trinajstić information content (AvgIpc) is 3.39. The van der Waals surface area contributed by atoms with Crippen molar-refractivity contribution in [2.45, 2.75) is 31.3 Å². The van der Waals surface area contributed by atoms with Gasteiger partial charge in [-0.2, -0.15) is 4.98 Å². The minimum atomic E-state index is 0.487. The predicted octanol–water partition coefficient (Wildman–Crippen LogP) is 4.62. The molecule has 4 aromatic rings. The van der Waals surface area contributed by atoms with Crippen LogP contribution in [0, 0.1) is 6.92 Å². The molecular formula is C21H21N5O2S. The van der Waals surface area contributed by atoms with Crippen LogP contribution in [0.25, 0.3) is 22.8 Å². The molecule has 4 rings (SSSR count). The second-order valence-electron chi connectivity index (χ2n) is 6.40. The second-order valence-corrected chi connectivity index (χ2v) is 7.34. The molecule has 7 nitrogen and oxygen atoms in total. The van der Waals surface area contributed by atoms with Crippen LogP contribution < -0.4 is 4.74 Å². The summed E-state index contributed by atoms with van der Waals surface area (Å²) in [5, 5.41) is 13.7. The Morgan fingerprint density at radius 3 is 2.59 bits per heavy atom. The van der Waals surface area contributed by atoms with Crippen LogP contribution in [0.3, 0.4) is 0 Å². The van der Waals surface area contributed by atoms with E-state index in [1.165, 1.54) is 5.56 Å². The molecule has 0 saturated carbocycles. The van der Waals surface area contributed by atoms with Gasteiger partial charge < -0.3 is 13.8 Å². The Hall–Kier alpha value is -3.13. The van der Waals surface area contributed by atoms with Crippen molar-refractivity contribution in [2.24, 2.45) is 0 Å². The highest BCUT2D eigenvalue weighted by Gasteiger charge is 2.16. The molecule has 0 N–H and O–H groups in total. The van der Waals surface area contributed by atoms with E-state index in [1.807, 2.05) is 36.4 Å². The lowest BCUT2D eigenvalue weighted by Crippen LogP contribution is -2.01. The summed E-state index contributed by atoms with van der Waals surface area (Å²) in [5.41, 5.74) is 3.12. The first-order chi connectivity index (χ1) is 14.2. The molecule has 0 bridgehead atoms. The Kier molecular flexibility index (Phi) is 5.62. The summed E-state index contributed by atoms with van der Waals surface area (Å²) in [6.45, 7) is 4.95. The van der Waals surface area contributed by atoms with Crippen molar-refractivity contribution in [1.82, 2.24) is 24.9 Å². The van der Waals surface area contributed by atoms with E-state index in [0.29, 0.717) is 17.5 Å². The molecule has 0 fully saturated rings. The second kappa shape index (κ2) is 8.48. The minimum absolute atomic E-state index is 0.487. The lowest BCUT2D eigenvalue weighted by atomic mass is 10.1. The molecule has 0 spiro atoms. The van der Waals surface area contributed by atoms with Crippen LogP contribution in [-0.2, 0) is 12.3 Å². The molecule has 0 saturated heterocycles. The fraction of sp³-hybridized carbons (Fsp3) is 0.238. The van der Waals surface area contributed by atoms with Crippen LogP contribution in [0.15, 0.2) is 58.2 Å². The number of aromatic nitrogens is 5. The lowest BCUT2D eigenvalue weighted by Gasteiger charge is -2.08. The maximum absolute atomic E-state index is 5.40. The fourth-order valence-electron chi connectivity index (χ4n) is 3.00. The van der Waals surface area contributed by atoms with E-state index in [2.05, 4.69) is 50.9 Å². The van der Waals surface area contributed by atoms with E-state index in [9.17, 15) is 0 Å². The molecule has 148 valence electrons. The molecule has 0 radical (unpaired) electrons. The zero-order chi connectivity index (χ0) is 20.2. The van der Waals surface area contributed by atoms with Crippen molar-refractivity contribution in [3.05, 3.63) is 59.9 Å². The zero-order valence-electron chi connectivity index (χ0n) is 16.5. The van der Waals surface area contributed by atoms with Gasteiger partial charge in [0.25, 0.3) is 5.89 Å². The zero-order valence-corrected chi connectivity index (χ0v) is 17.3. The largest absolute Gasteiger partial charge is 0.497 e. The normalized spacial score (nSPS) is 11.0. The number of ether oxygens (including phenoxy) is 1. The first-order valence-corrected chi connectivity index (χ1v) is 10.3. The van der Waals surface area contributed by atoms with Gasteiger partial charge in [0.05, 0.1) is 12.9 Å². The van der Waals surface area contributed by atoms with Gasteiger partial charge >= 0.3 is 0 Å². The summed E-state index contributed by atoms with van der Waals surface area (Å²) in [4.78, 5) is 4.49. The number of thioether (sulfide) groups is 1. The van der Waals surface area contributed by atoms with Gasteiger partial charge in [-0.05, 0) is 43.7 Å². The number of benzene rings is 2. The van der Waals surface area contributed by atoms with Crippen LogP contribution in [0.2, 0.25) is 0 Å². The first kappa shape index (κ1) is 19.2. The van der Waals surface area contributed by atoms with Crippen LogP contribution >= 0.6 is 11.8 Å². The highest BCUT2D eigenvalue weighted by molar-refractivity contribution is 7.98. The summed E-state index contributed by atoms with van der Waals surface area (Å²) in [5.74, 6) is 3.31. The van der Waals surface area contributed by atoms with Crippen LogP contribution in [0.5, 0.6) is 5.75 Å². The third kappa shape index (κ3) is 4.02. The molecule has 0 unspecified atom stereocenters. The van der Waals surface area contributed by atoms with Crippen molar-refractivity contribution in [3.8, 4) is 28.6 Å². The monoisotopic (exact) mass is 407 g/mol. The van der Waals surface area contributed by atoms with E-state index in [4.69, 9.17) is 9.26 Å². The van der Waals surface area contributed by atoms with E-state index in [1.54, 1.807) is 18.9 Å². The van der Waals surface area contributed by atoms with Gasteiger partial charge in [0, 0.05) is 17.7 Å². The molecule has 2 aromatic carbocycles. The summed E-state index contributed by atoms with van der Waals surface area (Å²) in [6, 6.07) is 15.7. The Morgan fingerprint density at radius 1 is 1.07 bits per heavy atom. The molecule has 0 atom stereocenters. The van der Waals surface area contributed by atoms with Gasteiger partial charge in [-0.1, -0.05) is 41.2 Å². The Balaban J connectivity index is 1.50. The number of aryl methyl sites for hydroxylation is 1. The number of rotatable bonds is 7. The van der Waals surface area contributed by atoms with Crippen molar-refractivity contribution < 1.29 is 9.26 Å². The molecule has 0 aliphatic carbocycles.